The fourth-order valence-electron chi connectivity index (χ4n) is 3.68. The molecule has 1 amide bonds. The van der Waals surface area contributed by atoms with Crippen molar-refractivity contribution in [2.45, 2.75) is 17.9 Å². The molecule has 0 fully saturated rings. The van der Waals surface area contributed by atoms with E-state index < -0.39 is 31.4 Å². The fraction of sp³-hybridized carbons (Fsp3) is 0.148. The van der Waals surface area contributed by atoms with Crippen LogP contribution in [-0.2, 0) is 23.1 Å². The van der Waals surface area contributed by atoms with E-state index in [0.29, 0.717) is 29.7 Å². The molecule has 4 aromatic rings. The molecular formula is C27H24ClN5O6S. The Labute approximate surface area is 235 Å². The van der Waals surface area contributed by atoms with E-state index in [4.69, 9.17) is 16.3 Å². The Morgan fingerprint density at radius 3 is 2.42 bits per heavy atom. The second-order valence-corrected chi connectivity index (χ2v) is 10.7. The lowest BCUT2D eigenvalue weighted by Gasteiger charge is -2.19. The molecule has 4 rings (SSSR count). The number of nitrogens with zero attached hydrogens (tertiary/aromatic N) is 4. The molecule has 0 atom stereocenters. The van der Waals surface area contributed by atoms with Crippen molar-refractivity contribution in [2.24, 2.45) is 0 Å². The van der Waals surface area contributed by atoms with Gasteiger partial charge in [0.25, 0.3) is 21.6 Å². The van der Waals surface area contributed by atoms with Crippen LogP contribution in [-0.4, -0.2) is 42.8 Å². The van der Waals surface area contributed by atoms with E-state index in [1.165, 1.54) is 18.3 Å². The zero-order valence-electron chi connectivity index (χ0n) is 21.2. The number of amides is 1. The highest BCUT2D eigenvalue weighted by Gasteiger charge is 2.29. The molecule has 0 aliphatic carbocycles. The number of carbonyl (C=O) groups is 1. The number of ether oxygens (including phenoxy) is 1. The van der Waals surface area contributed by atoms with Crippen molar-refractivity contribution in [2.75, 3.05) is 18.5 Å². The van der Waals surface area contributed by atoms with E-state index in [2.05, 4.69) is 9.97 Å². The van der Waals surface area contributed by atoms with Gasteiger partial charge in [0.2, 0.25) is 5.95 Å². The second-order valence-electron chi connectivity index (χ2n) is 8.59. The standard InChI is InChI=1S/C27H24ClN5O6S/c1-32(16-15-19-7-3-2-4-8-19)27-29-17-22(23(30-27)18-39-21-13-11-20(28)12-14-21)26(34)31-40(37,38)25-10-6-5-9-24(25)33(35)36/h2-14,17H,15-16,18H2,1H3,(H,31,34). The molecule has 0 aliphatic heterocycles. The van der Waals surface area contributed by atoms with E-state index in [9.17, 15) is 23.3 Å². The summed E-state index contributed by atoms with van der Waals surface area (Å²) in [5.74, 6) is -0.323. The molecule has 0 saturated carbocycles. The number of carbonyl (C=O) groups excluding carboxylic acids is 1. The van der Waals surface area contributed by atoms with Crippen LogP contribution in [0.15, 0.2) is 90.0 Å². The summed E-state index contributed by atoms with van der Waals surface area (Å²) >= 11 is 5.93. The molecule has 0 spiro atoms. The minimum absolute atomic E-state index is 0.113. The zero-order chi connectivity index (χ0) is 28.7. The highest BCUT2D eigenvalue weighted by molar-refractivity contribution is 7.90. The molecule has 0 aliphatic rings. The average molecular weight is 582 g/mol. The number of sulfonamides is 1. The molecule has 0 radical (unpaired) electrons. The van der Waals surface area contributed by atoms with Crippen LogP contribution in [0, 0.1) is 10.1 Å². The third-order valence-corrected chi connectivity index (χ3v) is 7.42. The summed E-state index contributed by atoms with van der Waals surface area (Å²) in [5, 5.41) is 11.9. The smallest absolute Gasteiger partial charge is 0.289 e. The lowest BCUT2D eigenvalue weighted by atomic mass is 10.1. The predicted molar refractivity (Wildman–Crippen MR) is 149 cm³/mol. The zero-order valence-corrected chi connectivity index (χ0v) is 22.8. The lowest BCUT2D eigenvalue weighted by Crippen LogP contribution is -2.32. The minimum Gasteiger partial charge on any atom is -0.487 e. The van der Waals surface area contributed by atoms with Crippen molar-refractivity contribution in [3.63, 3.8) is 0 Å². The number of halogens is 1. The number of benzene rings is 3. The van der Waals surface area contributed by atoms with Crippen LogP contribution < -0.4 is 14.4 Å². The lowest BCUT2D eigenvalue weighted by molar-refractivity contribution is -0.387. The Morgan fingerprint density at radius 2 is 1.73 bits per heavy atom. The monoisotopic (exact) mass is 581 g/mol. The number of hydrogen-bond acceptors (Lipinski definition) is 9. The van der Waals surface area contributed by atoms with Gasteiger partial charge in [0, 0.05) is 30.9 Å². The van der Waals surface area contributed by atoms with E-state index in [-0.39, 0.29) is 17.9 Å². The van der Waals surface area contributed by atoms with E-state index in [1.807, 2.05) is 35.1 Å². The molecular weight excluding hydrogens is 558 g/mol. The molecule has 0 bridgehead atoms. The maximum absolute atomic E-state index is 13.2. The summed E-state index contributed by atoms with van der Waals surface area (Å²) in [6.45, 7) is 0.372. The first-order chi connectivity index (χ1) is 19.1. The number of aromatic nitrogens is 2. The highest BCUT2D eigenvalue weighted by atomic mass is 35.5. The predicted octanol–water partition coefficient (Wildman–Crippen LogP) is 4.41. The van der Waals surface area contributed by atoms with Crippen LogP contribution in [0.4, 0.5) is 11.6 Å². The number of hydrogen-bond donors (Lipinski definition) is 1. The fourth-order valence-corrected chi connectivity index (χ4v) is 4.95. The van der Waals surface area contributed by atoms with Gasteiger partial charge in [0.05, 0.1) is 16.2 Å². The summed E-state index contributed by atoms with van der Waals surface area (Å²) < 4.78 is 33.5. The SMILES string of the molecule is CN(CCc1ccccc1)c1ncc(C(=O)NS(=O)(=O)c2ccccc2[N+](=O)[O-])c(COc2ccc(Cl)cc2)n1. The van der Waals surface area contributed by atoms with Crippen LogP contribution in [0.1, 0.15) is 21.6 Å². The summed E-state index contributed by atoms with van der Waals surface area (Å²) in [6, 6.07) is 21.1. The van der Waals surface area contributed by atoms with Crippen molar-refractivity contribution >= 4 is 39.2 Å². The van der Waals surface area contributed by atoms with Gasteiger partial charge in [-0.1, -0.05) is 54.1 Å². The van der Waals surface area contributed by atoms with Gasteiger partial charge in [-0.15, -0.1) is 0 Å². The van der Waals surface area contributed by atoms with Crippen LogP contribution in [0.3, 0.4) is 0 Å². The first-order valence-corrected chi connectivity index (χ1v) is 13.8. The topological polar surface area (TPSA) is 145 Å². The first-order valence-electron chi connectivity index (χ1n) is 11.9. The van der Waals surface area contributed by atoms with Gasteiger partial charge >= 0.3 is 0 Å². The van der Waals surface area contributed by atoms with Crippen molar-refractivity contribution in [1.29, 1.82) is 0 Å². The van der Waals surface area contributed by atoms with Crippen molar-refractivity contribution < 1.29 is 22.9 Å². The summed E-state index contributed by atoms with van der Waals surface area (Å²) in [5.41, 5.74) is 0.399. The first kappa shape index (κ1) is 28.5. The Balaban J connectivity index is 1.61. The van der Waals surface area contributed by atoms with Gasteiger partial charge in [0.1, 0.15) is 12.4 Å². The summed E-state index contributed by atoms with van der Waals surface area (Å²) in [4.78, 5) is 33.6. The van der Waals surface area contributed by atoms with E-state index >= 15 is 0 Å². The van der Waals surface area contributed by atoms with Gasteiger partial charge in [-0.25, -0.2) is 23.1 Å². The number of anilines is 1. The highest BCUT2D eigenvalue weighted by Crippen LogP contribution is 2.24. The van der Waals surface area contributed by atoms with Crippen LogP contribution in [0.5, 0.6) is 5.75 Å². The Hall–Kier alpha value is -4.55. The van der Waals surface area contributed by atoms with Crippen LogP contribution in [0.2, 0.25) is 5.02 Å². The molecule has 1 heterocycles. The molecule has 1 N–H and O–H groups in total. The largest absolute Gasteiger partial charge is 0.487 e. The van der Waals surface area contributed by atoms with Gasteiger partial charge in [0.15, 0.2) is 4.90 Å². The number of nitro groups is 1. The maximum Gasteiger partial charge on any atom is 0.289 e. The third-order valence-electron chi connectivity index (χ3n) is 5.79. The molecule has 40 heavy (non-hydrogen) atoms. The van der Waals surface area contributed by atoms with Crippen LogP contribution in [0.25, 0.3) is 0 Å². The second kappa shape index (κ2) is 12.5. The number of likely N-dealkylation sites (N-methyl/N-ethyl adjacent to an activating group) is 1. The summed E-state index contributed by atoms with van der Waals surface area (Å²) in [7, 11) is -2.81. The average Bonchev–Trinajstić information content (AvgIpc) is 2.95. The number of rotatable bonds is 11. The normalized spacial score (nSPS) is 11.1. The Morgan fingerprint density at radius 1 is 1.05 bits per heavy atom. The van der Waals surface area contributed by atoms with Crippen molar-refractivity contribution in [1.82, 2.24) is 14.7 Å². The van der Waals surface area contributed by atoms with Gasteiger partial charge in [-0.3, -0.25) is 14.9 Å². The van der Waals surface area contributed by atoms with Crippen molar-refractivity contribution in [3.05, 3.63) is 117 Å². The third kappa shape index (κ3) is 7.10. The Kier molecular flexibility index (Phi) is 8.92. The molecule has 1 aromatic heterocycles. The van der Waals surface area contributed by atoms with Gasteiger partial charge < -0.3 is 9.64 Å². The minimum atomic E-state index is -4.60. The quantitative estimate of drug-likeness (QED) is 0.201. The molecule has 0 saturated heterocycles. The van der Waals surface area contributed by atoms with Crippen LogP contribution >= 0.6 is 11.6 Å². The van der Waals surface area contributed by atoms with Gasteiger partial charge in [-0.05, 0) is 42.3 Å². The molecule has 3 aromatic carbocycles. The maximum atomic E-state index is 13.2. The van der Waals surface area contributed by atoms with E-state index in [0.717, 1.165) is 17.7 Å². The van der Waals surface area contributed by atoms with Crippen molar-refractivity contribution in [3.8, 4) is 5.75 Å². The molecule has 0 unspecified atom stereocenters. The number of nitro benzene ring substituents is 1. The summed E-state index contributed by atoms with van der Waals surface area (Å²) in [6.07, 6.45) is 1.92. The molecule has 11 nitrogen and oxygen atoms in total. The molecule has 206 valence electrons. The number of para-hydroxylation sites is 1. The molecule has 13 heteroatoms. The Bertz CT molecular complexity index is 1620. The van der Waals surface area contributed by atoms with Gasteiger partial charge in [-0.2, -0.15) is 0 Å². The number of nitrogens with one attached hydrogen (secondary N) is 1. The van der Waals surface area contributed by atoms with E-state index in [1.54, 1.807) is 36.2 Å².